The molecule has 1 unspecified atom stereocenters. The van der Waals surface area contributed by atoms with Gasteiger partial charge in [-0.1, -0.05) is 22.4 Å². The predicted molar refractivity (Wildman–Crippen MR) is 66.6 cm³/mol. The third-order valence-electron chi connectivity index (χ3n) is 3.05. The van der Waals surface area contributed by atoms with Crippen LogP contribution in [0.1, 0.15) is 30.2 Å². The number of ether oxygens (including phenoxy) is 1. The van der Waals surface area contributed by atoms with Crippen molar-refractivity contribution in [2.75, 3.05) is 7.11 Å². The molecular weight excluding hydrogens is 275 g/mol. The first-order valence-electron chi connectivity index (χ1n) is 5.20. The summed E-state index contributed by atoms with van der Waals surface area (Å²) in [7, 11) is 1.69. The molecule has 1 aliphatic carbocycles. The van der Waals surface area contributed by atoms with E-state index in [4.69, 9.17) is 16.3 Å². The average Bonchev–Trinajstić information content (AvgIpc) is 2.15. The highest BCUT2D eigenvalue weighted by molar-refractivity contribution is 9.10. The van der Waals surface area contributed by atoms with Crippen molar-refractivity contribution < 1.29 is 4.74 Å². The van der Waals surface area contributed by atoms with E-state index < -0.39 is 0 Å². The van der Waals surface area contributed by atoms with Gasteiger partial charge in [0, 0.05) is 10.0 Å². The second kappa shape index (κ2) is 4.75. The minimum Gasteiger partial charge on any atom is -0.496 e. The largest absolute Gasteiger partial charge is 0.496 e. The van der Waals surface area contributed by atoms with Crippen molar-refractivity contribution in [3.8, 4) is 5.75 Å². The van der Waals surface area contributed by atoms with E-state index in [1.54, 1.807) is 7.11 Å². The molecule has 0 amide bonds. The van der Waals surface area contributed by atoms with Gasteiger partial charge in [0.1, 0.15) is 5.75 Å². The van der Waals surface area contributed by atoms with Crippen molar-refractivity contribution in [2.45, 2.75) is 24.6 Å². The van der Waals surface area contributed by atoms with Gasteiger partial charge in [-0.15, -0.1) is 11.6 Å². The number of methoxy groups -OCH3 is 1. The van der Waals surface area contributed by atoms with E-state index in [-0.39, 0.29) is 5.38 Å². The van der Waals surface area contributed by atoms with E-state index in [9.17, 15) is 0 Å². The van der Waals surface area contributed by atoms with Gasteiger partial charge in [0.2, 0.25) is 0 Å². The third-order valence-corrected chi connectivity index (χ3v) is 4.14. The van der Waals surface area contributed by atoms with Crippen LogP contribution >= 0.6 is 27.5 Å². The molecule has 0 radical (unpaired) electrons. The molecule has 3 heteroatoms. The van der Waals surface area contributed by atoms with Crippen LogP contribution in [0.5, 0.6) is 5.75 Å². The fourth-order valence-corrected chi connectivity index (χ4v) is 2.71. The third kappa shape index (κ3) is 2.31. The molecule has 0 aromatic heterocycles. The summed E-state index contributed by atoms with van der Waals surface area (Å²) in [5, 5.41) is 0.0891. The number of hydrogen-bond donors (Lipinski definition) is 0. The molecule has 1 atom stereocenters. The maximum atomic E-state index is 6.46. The normalized spacial score (nSPS) is 18.3. The Morgan fingerprint density at radius 3 is 2.73 bits per heavy atom. The lowest BCUT2D eigenvalue weighted by Gasteiger charge is -2.30. The van der Waals surface area contributed by atoms with Gasteiger partial charge in [0.15, 0.2) is 0 Å². The van der Waals surface area contributed by atoms with Gasteiger partial charge < -0.3 is 4.74 Å². The quantitative estimate of drug-likeness (QED) is 0.742. The Kier molecular flexibility index (Phi) is 3.57. The van der Waals surface area contributed by atoms with Gasteiger partial charge in [0.25, 0.3) is 0 Å². The first-order valence-corrected chi connectivity index (χ1v) is 6.43. The molecule has 2 rings (SSSR count). The Labute approximate surface area is 104 Å². The zero-order valence-corrected chi connectivity index (χ0v) is 11.0. The van der Waals surface area contributed by atoms with Crippen LogP contribution < -0.4 is 4.74 Å². The van der Waals surface area contributed by atoms with Crippen LogP contribution in [0, 0.1) is 5.92 Å². The maximum Gasteiger partial charge on any atom is 0.123 e. The van der Waals surface area contributed by atoms with Crippen LogP contribution in [-0.2, 0) is 0 Å². The molecule has 1 fully saturated rings. The fourth-order valence-electron chi connectivity index (χ4n) is 1.91. The summed E-state index contributed by atoms with van der Waals surface area (Å²) in [6.07, 6.45) is 3.79. The van der Waals surface area contributed by atoms with Gasteiger partial charge in [-0.05, 0) is 37.0 Å². The van der Waals surface area contributed by atoms with Crippen molar-refractivity contribution in [3.05, 3.63) is 28.2 Å². The summed E-state index contributed by atoms with van der Waals surface area (Å²) >= 11 is 9.93. The van der Waals surface area contributed by atoms with E-state index in [0.717, 1.165) is 15.8 Å². The predicted octanol–water partition coefficient (Wildman–Crippen LogP) is 4.54. The van der Waals surface area contributed by atoms with Gasteiger partial charge in [-0.25, -0.2) is 0 Å². The van der Waals surface area contributed by atoms with E-state index in [1.165, 1.54) is 19.3 Å². The molecule has 1 saturated carbocycles. The molecule has 15 heavy (non-hydrogen) atoms. The van der Waals surface area contributed by atoms with E-state index >= 15 is 0 Å². The number of benzene rings is 1. The summed E-state index contributed by atoms with van der Waals surface area (Å²) in [6.45, 7) is 0. The minimum atomic E-state index is 0.0891. The smallest absolute Gasteiger partial charge is 0.123 e. The van der Waals surface area contributed by atoms with E-state index in [0.29, 0.717) is 5.92 Å². The Bertz CT molecular complexity index is 349. The molecule has 1 aromatic carbocycles. The summed E-state index contributed by atoms with van der Waals surface area (Å²) in [5.41, 5.74) is 1.11. The Balaban J connectivity index is 2.27. The van der Waals surface area contributed by atoms with Crippen molar-refractivity contribution in [2.24, 2.45) is 5.92 Å². The zero-order valence-electron chi connectivity index (χ0n) is 8.67. The summed E-state index contributed by atoms with van der Waals surface area (Å²) in [5.74, 6) is 1.51. The SMILES string of the molecule is COc1ccc(Br)cc1C(Cl)C1CCC1. The molecule has 0 saturated heterocycles. The van der Waals surface area contributed by atoms with E-state index in [2.05, 4.69) is 22.0 Å². The van der Waals surface area contributed by atoms with Crippen molar-refractivity contribution in [1.29, 1.82) is 0 Å². The number of rotatable bonds is 3. The number of alkyl halides is 1. The molecule has 1 aliphatic rings. The molecule has 1 aromatic rings. The van der Waals surface area contributed by atoms with Gasteiger partial charge >= 0.3 is 0 Å². The fraction of sp³-hybridized carbons (Fsp3) is 0.500. The standard InChI is InChI=1S/C12H14BrClO/c1-15-11-6-5-9(13)7-10(11)12(14)8-3-2-4-8/h5-8,12H,2-4H2,1H3. The van der Waals surface area contributed by atoms with Crippen LogP contribution in [0.15, 0.2) is 22.7 Å². The first-order chi connectivity index (χ1) is 7.22. The van der Waals surface area contributed by atoms with Crippen molar-refractivity contribution in [1.82, 2.24) is 0 Å². The van der Waals surface area contributed by atoms with Crippen molar-refractivity contribution >= 4 is 27.5 Å². The Morgan fingerprint density at radius 1 is 1.47 bits per heavy atom. The van der Waals surface area contributed by atoms with Crippen LogP contribution in [0.3, 0.4) is 0 Å². The lowest BCUT2D eigenvalue weighted by Crippen LogP contribution is -2.17. The first kappa shape index (κ1) is 11.3. The number of hydrogen-bond acceptors (Lipinski definition) is 1. The Hall–Kier alpha value is -0.210. The lowest BCUT2D eigenvalue weighted by atomic mass is 9.80. The number of halogens is 2. The highest BCUT2D eigenvalue weighted by Gasteiger charge is 2.28. The highest BCUT2D eigenvalue weighted by atomic mass is 79.9. The average molecular weight is 290 g/mol. The maximum absolute atomic E-state index is 6.46. The van der Waals surface area contributed by atoms with Crippen molar-refractivity contribution in [3.63, 3.8) is 0 Å². The summed E-state index contributed by atoms with van der Waals surface area (Å²) < 4.78 is 6.39. The van der Waals surface area contributed by atoms with Gasteiger partial charge in [-0.3, -0.25) is 0 Å². The zero-order chi connectivity index (χ0) is 10.8. The molecular formula is C12H14BrClO. The molecule has 0 N–H and O–H groups in total. The molecule has 0 aliphatic heterocycles. The second-order valence-electron chi connectivity index (χ2n) is 3.98. The second-order valence-corrected chi connectivity index (χ2v) is 5.36. The molecule has 0 spiro atoms. The highest BCUT2D eigenvalue weighted by Crippen LogP contribution is 2.45. The van der Waals surface area contributed by atoms with Crippen LogP contribution in [0.25, 0.3) is 0 Å². The minimum absolute atomic E-state index is 0.0891. The van der Waals surface area contributed by atoms with E-state index in [1.807, 2.05) is 12.1 Å². The van der Waals surface area contributed by atoms with Crippen LogP contribution in [0.2, 0.25) is 0 Å². The van der Waals surface area contributed by atoms with Crippen LogP contribution in [-0.4, -0.2) is 7.11 Å². The van der Waals surface area contributed by atoms with Gasteiger partial charge in [0.05, 0.1) is 12.5 Å². The molecule has 0 bridgehead atoms. The summed E-state index contributed by atoms with van der Waals surface area (Å²) in [4.78, 5) is 0. The summed E-state index contributed by atoms with van der Waals surface area (Å²) in [6, 6.07) is 6.01. The lowest BCUT2D eigenvalue weighted by molar-refractivity contribution is 0.300. The topological polar surface area (TPSA) is 9.23 Å². The van der Waals surface area contributed by atoms with Crippen LogP contribution in [0.4, 0.5) is 0 Å². The molecule has 1 nitrogen and oxygen atoms in total. The Morgan fingerprint density at radius 2 is 2.20 bits per heavy atom. The molecule has 0 heterocycles. The monoisotopic (exact) mass is 288 g/mol. The molecule has 82 valence electrons. The van der Waals surface area contributed by atoms with Gasteiger partial charge in [-0.2, -0.15) is 0 Å².